The van der Waals surface area contributed by atoms with Crippen LogP contribution in [-0.2, 0) is 10.0 Å². The summed E-state index contributed by atoms with van der Waals surface area (Å²) >= 11 is 0. The molecular weight excluding hydrogens is 196 g/mol. The zero-order valence-corrected chi connectivity index (χ0v) is 8.08. The van der Waals surface area contributed by atoms with Crippen molar-refractivity contribution in [3.63, 3.8) is 0 Å². The van der Waals surface area contributed by atoms with Gasteiger partial charge in [0, 0.05) is 13.1 Å². The second-order valence-corrected chi connectivity index (χ2v) is 4.99. The fourth-order valence-corrected chi connectivity index (χ4v) is 2.06. The van der Waals surface area contributed by atoms with Crippen LogP contribution in [0.3, 0.4) is 0 Å². The Balaban J connectivity index is 2.59. The molecule has 1 aliphatic heterocycles. The molecule has 1 saturated heterocycles. The average molecular weight is 210 g/mol. The van der Waals surface area contributed by atoms with Gasteiger partial charge < -0.3 is 15.5 Å². The summed E-state index contributed by atoms with van der Waals surface area (Å²) < 4.78 is 23.9. The van der Waals surface area contributed by atoms with E-state index in [4.69, 9.17) is 0 Å². The predicted molar refractivity (Wildman–Crippen MR) is 46.7 cm³/mol. The average Bonchev–Trinajstić information content (AvgIpc) is 1.96. The van der Waals surface area contributed by atoms with Gasteiger partial charge in [0.15, 0.2) is 0 Å². The third kappa shape index (κ3) is 3.20. The Morgan fingerprint density at radius 2 is 2.00 bits per heavy atom. The molecule has 3 atom stereocenters. The Morgan fingerprint density at radius 3 is 2.54 bits per heavy atom. The molecule has 0 aromatic heterocycles. The summed E-state index contributed by atoms with van der Waals surface area (Å²) in [6.07, 6.45) is -0.954. The molecule has 6 nitrogen and oxygen atoms in total. The topological polar surface area (TPSA) is 98.7 Å². The molecule has 13 heavy (non-hydrogen) atoms. The summed E-state index contributed by atoms with van der Waals surface area (Å²) in [6, 6.07) is -0.654. The fraction of sp³-hybridized carbons (Fsp3) is 1.00. The van der Waals surface area contributed by atoms with Gasteiger partial charge in [0.1, 0.15) is 0 Å². The first-order valence-electron chi connectivity index (χ1n) is 3.94. The van der Waals surface area contributed by atoms with Crippen molar-refractivity contribution in [2.75, 3.05) is 19.3 Å². The van der Waals surface area contributed by atoms with Crippen LogP contribution in [0, 0.1) is 0 Å². The van der Waals surface area contributed by atoms with E-state index in [2.05, 4.69) is 10.0 Å². The molecular formula is C6H14N2O4S. The summed E-state index contributed by atoms with van der Waals surface area (Å²) in [7, 11) is -3.34. The lowest BCUT2D eigenvalue weighted by molar-refractivity contribution is -0.0149. The monoisotopic (exact) mass is 210 g/mol. The van der Waals surface area contributed by atoms with Crippen molar-refractivity contribution in [1.82, 2.24) is 10.0 Å². The van der Waals surface area contributed by atoms with E-state index in [0.717, 1.165) is 6.26 Å². The lowest BCUT2D eigenvalue weighted by Crippen LogP contribution is -2.59. The highest BCUT2D eigenvalue weighted by Crippen LogP contribution is 2.05. The number of β-amino-alcohol motifs (C(OH)–C–C–N with tert-alkyl or cyclic N) is 1. The number of piperidine rings is 1. The largest absolute Gasteiger partial charge is 0.389 e. The van der Waals surface area contributed by atoms with Gasteiger partial charge in [-0.25, -0.2) is 13.1 Å². The van der Waals surface area contributed by atoms with Crippen molar-refractivity contribution in [1.29, 1.82) is 0 Å². The molecule has 1 rings (SSSR count). The molecule has 1 heterocycles. The first-order chi connectivity index (χ1) is 5.90. The summed E-state index contributed by atoms with van der Waals surface area (Å²) in [4.78, 5) is 0. The molecule has 0 aromatic carbocycles. The van der Waals surface area contributed by atoms with E-state index < -0.39 is 28.3 Å². The molecule has 0 bridgehead atoms. The third-order valence-corrected chi connectivity index (χ3v) is 2.62. The molecule has 0 spiro atoms. The van der Waals surface area contributed by atoms with Crippen molar-refractivity contribution >= 4 is 10.0 Å². The highest BCUT2D eigenvalue weighted by molar-refractivity contribution is 7.88. The number of sulfonamides is 1. The van der Waals surface area contributed by atoms with Gasteiger partial charge in [-0.15, -0.1) is 0 Å². The van der Waals surface area contributed by atoms with E-state index in [1.165, 1.54) is 0 Å². The van der Waals surface area contributed by atoms with Crippen LogP contribution in [0.4, 0.5) is 0 Å². The van der Waals surface area contributed by atoms with Gasteiger partial charge in [0.2, 0.25) is 10.0 Å². The maximum atomic E-state index is 10.8. The Bertz CT molecular complexity index is 266. The number of hydrogen-bond acceptors (Lipinski definition) is 5. The zero-order valence-electron chi connectivity index (χ0n) is 7.27. The molecule has 78 valence electrons. The summed E-state index contributed by atoms with van der Waals surface area (Å²) in [5.41, 5.74) is 0. The van der Waals surface area contributed by atoms with Gasteiger partial charge in [0.05, 0.1) is 24.5 Å². The van der Waals surface area contributed by atoms with Crippen molar-refractivity contribution < 1.29 is 18.6 Å². The van der Waals surface area contributed by atoms with E-state index in [9.17, 15) is 18.6 Å². The summed E-state index contributed by atoms with van der Waals surface area (Å²) in [5, 5.41) is 21.4. The van der Waals surface area contributed by atoms with Crippen molar-refractivity contribution in [2.24, 2.45) is 0 Å². The number of aliphatic hydroxyl groups excluding tert-OH is 2. The van der Waals surface area contributed by atoms with Gasteiger partial charge in [-0.3, -0.25) is 0 Å². The molecule has 0 aliphatic carbocycles. The Labute approximate surface area is 77.0 Å². The van der Waals surface area contributed by atoms with Gasteiger partial charge in [-0.05, 0) is 0 Å². The van der Waals surface area contributed by atoms with E-state index in [-0.39, 0.29) is 6.54 Å². The van der Waals surface area contributed by atoms with Crippen LogP contribution in [0.5, 0.6) is 0 Å². The number of nitrogens with one attached hydrogen (secondary N) is 2. The number of hydrogen-bond donors (Lipinski definition) is 4. The molecule has 7 heteroatoms. The van der Waals surface area contributed by atoms with Crippen LogP contribution in [-0.4, -0.2) is 56.2 Å². The molecule has 0 saturated carbocycles. The van der Waals surface area contributed by atoms with Gasteiger partial charge in [-0.1, -0.05) is 0 Å². The molecule has 1 fully saturated rings. The Hall–Kier alpha value is -0.210. The second kappa shape index (κ2) is 3.89. The Morgan fingerprint density at radius 1 is 1.38 bits per heavy atom. The molecule has 0 radical (unpaired) electrons. The number of aliphatic hydroxyl groups is 2. The van der Waals surface area contributed by atoms with Crippen molar-refractivity contribution in [3.8, 4) is 0 Å². The van der Waals surface area contributed by atoms with Crippen LogP contribution in [0.15, 0.2) is 0 Å². The minimum atomic E-state index is -3.34. The predicted octanol–water partition coefficient (Wildman–Crippen LogP) is -2.77. The molecule has 1 unspecified atom stereocenters. The highest BCUT2D eigenvalue weighted by atomic mass is 32.2. The smallest absolute Gasteiger partial charge is 0.209 e. The van der Waals surface area contributed by atoms with E-state index >= 15 is 0 Å². The highest BCUT2D eigenvalue weighted by Gasteiger charge is 2.31. The third-order valence-electron chi connectivity index (χ3n) is 1.89. The standard InChI is InChI=1S/C6H14N2O4S/c1-13(11,12)8-4-2-7-3-5(9)6(4)10/h4-10H,2-3H2,1H3/t4-,5-,6?/m0/s1. The van der Waals surface area contributed by atoms with Crippen LogP contribution < -0.4 is 10.0 Å². The van der Waals surface area contributed by atoms with Gasteiger partial charge in [0.25, 0.3) is 0 Å². The molecule has 0 aromatic rings. The Kier molecular flexibility index (Phi) is 3.25. The quantitative estimate of drug-likeness (QED) is 0.395. The zero-order chi connectivity index (χ0) is 10.1. The van der Waals surface area contributed by atoms with E-state index in [1.54, 1.807) is 0 Å². The molecule has 1 aliphatic rings. The van der Waals surface area contributed by atoms with Crippen LogP contribution in [0.2, 0.25) is 0 Å². The van der Waals surface area contributed by atoms with Crippen molar-refractivity contribution in [2.45, 2.75) is 18.2 Å². The normalized spacial score (nSPS) is 36.1. The van der Waals surface area contributed by atoms with Crippen LogP contribution in [0.1, 0.15) is 0 Å². The van der Waals surface area contributed by atoms with E-state index in [0.29, 0.717) is 6.54 Å². The van der Waals surface area contributed by atoms with E-state index in [1.807, 2.05) is 0 Å². The fourth-order valence-electron chi connectivity index (χ4n) is 1.28. The minimum absolute atomic E-state index is 0.281. The lowest BCUT2D eigenvalue weighted by atomic mass is 10.0. The summed E-state index contributed by atoms with van der Waals surface area (Å²) in [6.45, 7) is 0.606. The minimum Gasteiger partial charge on any atom is -0.389 e. The maximum Gasteiger partial charge on any atom is 0.209 e. The maximum absolute atomic E-state index is 10.8. The first-order valence-corrected chi connectivity index (χ1v) is 5.83. The molecule has 4 N–H and O–H groups in total. The lowest BCUT2D eigenvalue weighted by Gasteiger charge is -2.32. The summed E-state index contributed by atoms with van der Waals surface area (Å²) in [5.74, 6) is 0. The van der Waals surface area contributed by atoms with Crippen LogP contribution in [0.25, 0.3) is 0 Å². The van der Waals surface area contributed by atoms with Crippen LogP contribution >= 0.6 is 0 Å². The first kappa shape index (κ1) is 10.9. The van der Waals surface area contributed by atoms with Gasteiger partial charge >= 0.3 is 0 Å². The molecule has 0 amide bonds. The van der Waals surface area contributed by atoms with Crippen molar-refractivity contribution in [3.05, 3.63) is 0 Å². The number of rotatable bonds is 2. The second-order valence-electron chi connectivity index (χ2n) is 3.21. The van der Waals surface area contributed by atoms with Gasteiger partial charge in [-0.2, -0.15) is 0 Å². The SMILES string of the molecule is CS(=O)(=O)N[C@H]1CNC[C@H](O)C1O.